The molecule has 0 unspecified atom stereocenters. The van der Waals surface area contributed by atoms with Crippen molar-refractivity contribution >= 4 is 23.7 Å². The smallest absolute Gasteiger partial charge is 0.324 e. The summed E-state index contributed by atoms with van der Waals surface area (Å²) >= 11 is 1.32. The molecular formula is C10H15N5O2S. The Labute approximate surface area is 109 Å². The molecule has 1 atom stereocenters. The third kappa shape index (κ3) is 2.47. The summed E-state index contributed by atoms with van der Waals surface area (Å²) in [6.45, 7) is 5.46. The first-order valence-electron chi connectivity index (χ1n) is 5.77. The molecule has 1 N–H and O–H groups in total. The van der Waals surface area contributed by atoms with Gasteiger partial charge < -0.3 is 9.88 Å². The largest absolute Gasteiger partial charge is 0.336 e. The number of imide groups is 1. The van der Waals surface area contributed by atoms with Crippen LogP contribution < -0.4 is 5.32 Å². The second kappa shape index (κ2) is 5.38. The molecule has 8 heteroatoms. The Morgan fingerprint density at radius 3 is 3.06 bits per heavy atom. The predicted octanol–water partition coefficient (Wildman–Crippen LogP) is 0.330. The first-order valence-corrected chi connectivity index (χ1v) is 6.65. The maximum absolute atomic E-state index is 12.1. The average Bonchev–Trinajstić information content (AvgIpc) is 2.96. The van der Waals surface area contributed by atoms with Gasteiger partial charge >= 0.3 is 6.03 Å². The third-order valence-corrected chi connectivity index (χ3v) is 3.76. The van der Waals surface area contributed by atoms with Crippen LogP contribution in [0.25, 0.3) is 0 Å². The van der Waals surface area contributed by atoms with E-state index in [1.54, 1.807) is 13.3 Å². The molecule has 18 heavy (non-hydrogen) atoms. The molecule has 0 aliphatic carbocycles. The van der Waals surface area contributed by atoms with Crippen LogP contribution in [0.1, 0.15) is 13.8 Å². The van der Waals surface area contributed by atoms with Gasteiger partial charge in [-0.1, -0.05) is 11.8 Å². The first kappa shape index (κ1) is 12.9. The summed E-state index contributed by atoms with van der Waals surface area (Å²) in [6, 6.07) is -0.315. The number of nitrogens with zero attached hydrogens (tertiary/aromatic N) is 4. The van der Waals surface area contributed by atoms with E-state index in [0.29, 0.717) is 18.2 Å². The van der Waals surface area contributed by atoms with Crippen molar-refractivity contribution in [3.8, 4) is 0 Å². The van der Waals surface area contributed by atoms with Gasteiger partial charge in [0.25, 0.3) is 0 Å². The number of nitrogens with one attached hydrogen (secondary N) is 1. The Morgan fingerprint density at radius 2 is 2.44 bits per heavy atom. The predicted molar refractivity (Wildman–Crippen MR) is 66.1 cm³/mol. The monoisotopic (exact) mass is 269 g/mol. The molecule has 1 aromatic rings. The maximum Gasteiger partial charge on any atom is 0.324 e. The van der Waals surface area contributed by atoms with Gasteiger partial charge in [-0.3, -0.25) is 9.69 Å². The van der Waals surface area contributed by atoms with Gasteiger partial charge in [0.1, 0.15) is 6.33 Å². The van der Waals surface area contributed by atoms with Crippen LogP contribution in [0, 0.1) is 0 Å². The van der Waals surface area contributed by atoms with Gasteiger partial charge in [-0.15, -0.1) is 10.2 Å². The van der Waals surface area contributed by atoms with Gasteiger partial charge in [0, 0.05) is 19.6 Å². The lowest BCUT2D eigenvalue weighted by atomic mass is 10.4. The number of amides is 3. The highest BCUT2D eigenvalue weighted by Crippen LogP contribution is 2.22. The van der Waals surface area contributed by atoms with Gasteiger partial charge in [0.15, 0.2) is 5.16 Å². The second-order valence-electron chi connectivity index (χ2n) is 3.88. The molecule has 0 saturated carbocycles. The fraction of sp³-hybridized carbons (Fsp3) is 0.600. The van der Waals surface area contributed by atoms with Crippen LogP contribution >= 0.6 is 11.8 Å². The normalized spacial score (nSPS) is 16.8. The van der Waals surface area contributed by atoms with Crippen LogP contribution in [0.15, 0.2) is 11.5 Å². The minimum atomic E-state index is -0.358. The number of thioether (sulfide) groups is 1. The molecule has 0 radical (unpaired) electrons. The van der Waals surface area contributed by atoms with E-state index in [4.69, 9.17) is 0 Å². The molecule has 98 valence electrons. The topological polar surface area (TPSA) is 80.1 Å². The third-order valence-electron chi connectivity index (χ3n) is 2.67. The second-order valence-corrected chi connectivity index (χ2v) is 5.19. The van der Waals surface area contributed by atoms with E-state index in [0.717, 1.165) is 6.54 Å². The number of hydrogen-bond acceptors (Lipinski definition) is 5. The van der Waals surface area contributed by atoms with E-state index in [-0.39, 0.29) is 17.2 Å². The Hall–Kier alpha value is -1.57. The standard InChI is InChI=1S/C10H15N5O2S/c1-3-14-6-12-13-10(14)18-7(2)8(16)15-5-4-11-9(15)17/h6-7H,3-5H2,1-2H3,(H,11,17)/t7-/m0/s1. The average molecular weight is 269 g/mol. The van der Waals surface area contributed by atoms with Gasteiger partial charge in [-0.25, -0.2) is 4.79 Å². The van der Waals surface area contributed by atoms with E-state index in [1.807, 2.05) is 11.5 Å². The van der Waals surface area contributed by atoms with Crippen molar-refractivity contribution in [3.05, 3.63) is 6.33 Å². The Kier molecular flexibility index (Phi) is 3.85. The SMILES string of the molecule is CCn1cnnc1S[C@@H](C)C(=O)N1CCNC1=O. The number of hydrogen-bond donors (Lipinski definition) is 1. The number of carbonyl (C=O) groups is 2. The molecular weight excluding hydrogens is 254 g/mol. The summed E-state index contributed by atoms with van der Waals surface area (Å²) in [5, 5.41) is 10.7. The van der Waals surface area contributed by atoms with Gasteiger partial charge in [0.2, 0.25) is 5.91 Å². The van der Waals surface area contributed by atoms with Crippen LogP contribution in [0.5, 0.6) is 0 Å². The molecule has 3 amide bonds. The molecule has 0 aromatic carbocycles. The van der Waals surface area contributed by atoms with Crippen LogP contribution in [-0.4, -0.2) is 49.9 Å². The summed E-state index contributed by atoms with van der Waals surface area (Å²) in [7, 11) is 0. The van der Waals surface area contributed by atoms with E-state index < -0.39 is 0 Å². The molecule has 2 heterocycles. The Morgan fingerprint density at radius 1 is 1.67 bits per heavy atom. The lowest BCUT2D eigenvalue weighted by Gasteiger charge is -2.16. The number of urea groups is 1. The van der Waals surface area contributed by atoms with Crippen molar-refractivity contribution < 1.29 is 9.59 Å². The summed E-state index contributed by atoms with van der Waals surface area (Å²) in [4.78, 5) is 24.7. The van der Waals surface area contributed by atoms with Crippen LogP contribution in [0.2, 0.25) is 0 Å². The van der Waals surface area contributed by atoms with Crippen molar-refractivity contribution in [2.75, 3.05) is 13.1 Å². The van der Waals surface area contributed by atoms with Gasteiger partial charge in [0.05, 0.1) is 5.25 Å². The summed E-state index contributed by atoms with van der Waals surface area (Å²) in [5.41, 5.74) is 0. The molecule has 7 nitrogen and oxygen atoms in total. The highest BCUT2D eigenvalue weighted by atomic mass is 32.2. The molecule has 1 saturated heterocycles. The van der Waals surface area contributed by atoms with Crippen molar-refractivity contribution in [1.82, 2.24) is 25.0 Å². The quantitative estimate of drug-likeness (QED) is 0.797. The molecule has 1 aliphatic heterocycles. The Bertz CT molecular complexity index is 461. The fourth-order valence-electron chi connectivity index (χ4n) is 1.66. The van der Waals surface area contributed by atoms with E-state index in [2.05, 4.69) is 15.5 Å². The molecule has 1 aliphatic rings. The zero-order chi connectivity index (χ0) is 13.1. The number of aryl methyl sites for hydroxylation is 1. The summed E-state index contributed by atoms with van der Waals surface area (Å²) in [6.07, 6.45) is 1.63. The molecule has 1 aromatic heterocycles. The van der Waals surface area contributed by atoms with Crippen molar-refractivity contribution in [3.63, 3.8) is 0 Å². The van der Waals surface area contributed by atoms with E-state index in [9.17, 15) is 9.59 Å². The van der Waals surface area contributed by atoms with Crippen LogP contribution in [0.3, 0.4) is 0 Å². The van der Waals surface area contributed by atoms with Crippen LogP contribution in [-0.2, 0) is 11.3 Å². The lowest BCUT2D eigenvalue weighted by molar-refractivity contribution is -0.126. The highest BCUT2D eigenvalue weighted by molar-refractivity contribution is 8.00. The van der Waals surface area contributed by atoms with E-state index >= 15 is 0 Å². The summed E-state index contributed by atoms with van der Waals surface area (Å²) in [5.74, 6) is -0.194. The van der Waals surface area contributed by atoms with Gasteiger partial charge in [-0.2, -0.15) is 0 Å². The Balaban J connectivity index is 2.01. The maximum atomic E-state index is 12.1. The molecule has 0 bridgehead atoms. The number of rotatable bonds is 4. The minimum absolute atomic E-state index is 0.194. The molecule has 0 spiro atoms. The zero-order valence-electron chi connectivity index (χ0n) is 10.3. The van der Waals surface area contributed by atoms with Crippen molar-refractivity contribution in [1.29, 1.82) is 0 Å². The number of aromatic nitrogens is 3. The van der Waals surface area contributed by atoms with Gasteiger partial charge in [-0.05, 0) is 13.8 Å². The minimum Gasteiger partial charge on any atom is -0.336 e. The van der Waals surface area contributed by atoms with Crippen LogP contribution in [0.4, 0.5) is 4.79 Å². The summed E-state index contributed by atoms with van der Waals surface area (Å²) < 4.78 is 1.86. The first-order chi connectivity index (χ1) is 8.63. The molecule has 1 fully saturated rings. The zero-order valence-corrected chi connectivity index (χ0v) is 11.1. The van der Waals surface area contributed by atoms with E-state index in [1.165, 1.54) is 16.7 Å². The van der Waals surface area contributed by atoms with Crippen molar-refractivity contribution in [2.45, 2.75) is 30.8 Å². The van der Waals surface area contributed by atoms with Crippen molar-refractivity contribution in [2.24, 2.45) is 0 Å². The lowest BCUT2D eigenvalue weighted by Crippen LogP contribution is -2.39. The fourth-order valence-corrected chi connectivity index (χ4v) is 2.61. The highest BCUT2D eigenvalue weighted by Gasteiger charge is 2.30. The molecule has 2 rings (SSSR count). The number of carbonyl (C=O) groups excluding carboxylic acids is 2.